The zero-order chi connectivity index (χ0) is 14.4. The molecule has 4 rings (SSSR count). The molecule has 0 unspecified atom stereocenters. The van der Waals surface area contributed by atoms with Crippen molar-refractivity contribution in [3.63, 3.8) is 0 Å². The highest BCUT2D eigenvalue weighted by atomic mass is 35.5. The molecule has 0 bridgehead atoms. The lowest BCUT2D eigenvalue weighted by atomic mass is 10.2. The third-order valence-corrected chi connectivity index (χ3v) is 3.60. The van der Waals surface area contributed by atoms with E-state index in [-0.39, 0.29) is 12.4 Å². The summed E-state index contributed by atoms with van der Waals surface area (Å²) >= 11 is 0. The molecule has 0 aliphatic carbocycles. The van der Waals surface area contributed by atoms with Gasteiger partial charge in [-0.15, -0.1) is 12.4 Å². The van der Waals surface area contributed by atoms with Crippen LogP contribution < -0.4 is 0 Å². The first-order valence-corrected chi connectivity index (χ1v) is 6.62. The van der Waals surface area contributed by atoms with Gasteiger partial charge in [-0.05, 0) is 13.0 Å². The van der Waals surface area contributed by atoms with Crippen LogP contribution >= 0.6 is 12.4 Å². The molecule has 22 heavy (non-hydrogen) atoms. The van der Waals surface area contributed by atoms with E-state index in [9.17, 15) is 0 Å². The Morgan fingerprint density at radius 3 is 2.82 bits per heavy atom. The average Bonchev–Trinajstić information content (AvgIpc) is 3.18. The summed E-state index contributed by atoms with van der Waals surface area (Å²) in [6, 6.07) is 8.14. The van der Waals surface area contributed by atoms with E-state index in [0.29, 0.717) is 17.4 Å². The Morgan fingerprint density at radius 2 is 2.05 bits per heavy atom. The molecule has 0 spiro atoms. The Kier molecular flexibility index (Phi) is 3.46. The summed E-state index contributed by atoms with van der Waals surface area (Å²) in [5.74, 6) is 1.00. The van der Waals surface area contributed by atoms with E-state index in [0.717, 1.165) is 22.2 Å². The highest BCUT2D eigenvalue weighted by Crippen LogP contribution is 2.29. The van der Waals surface area contributed by atoms with Crippen LogP contribution in [0, 0.1) is 6.92 Å². The first-order chi connectivity index (χ1) is 10.2. The zero-order valence-corrected chi connectivity index (χ0v) is 12.9. The van der Waals surface area contributed by atoms with Crippen LogP contribution in [0.2, 0.25) is 0 Å². The van der Waals surface area contributed by atoms with Gasteiger partial charge in [0.2, 0.25) is 5.82 Å². The zero-order valence-electron chi connectivity index (χ0n) is 12.1. The molecule has 0 aliphatic heterocycles. The standard InChI is InChI=1S/C15H13N5O.ClH/c1-9-13(17-8-16-9)15-18-14(19-21-15)11-7-20(2)12-6-4-3-5-10(11)12;/h3-8H,1-2H3,(H,16,17);1H. The van der Waals surface area contributed by atoms with Crippen LogP contribution in [0.3, 0.4) is 0 Å². The third kappa shape index (κ3) is 2.08. The van der Waals surface area contributed by atoms with Crippen LogP contribution in [0.5, 0.6) is 0 Å². The number of benzene rings is 1. The van der Waals surface area contributed by atoms with Gasteiger partial charge in [-0.2, -0.15) is 4.98 Å². The molecule has 6 nitrogen and oxygen atoms in total. The van der Waals surface area contributed by atoms with Gasteiger partial charge in [0.1, 0.15) is 5.69 Å². The van der Waals surface area contributed by atoms with Gasteiger partial charge in [-0.25, -0.2) is 4.98 Å². The summed E-state index contributed by atoms with van der Waals surface area (Å²) < 4.78 is 7.41. The molecule has 112 valence electrons. The quantitative estimate of drug-likeness (QED) is 0.615. The molecule has 3 heterocycles. The lowest BCUT2D eigenvalue weighted by Crippen LogP contribution is -1.83. The van der Waals surface area contributed by atoms with Crippen molar-refractivity contribution in [1.29, 1.82) is 0 Å². The van der Waals surface area contributed by atoms with Crippen LogP contribution in [0.4, 0.5) is 0 Å². The summed E-state index contributed by atoms with van der Waals surface area (Å²) in [5.41, 5.74) is 3.68. The molecule has 0 aliphatic rings. The molecular weight excluding hydrogens is 302 g/mol. The number of para-hydroxylation sites is 1. The summed E-state index contributed by atoms with van der Waals surface area (Å²) in [4.78, 5) is 11.7. The number of aromatic amines is 1. The van der Waals surface area contributed by atoms with Gasteiger partial charge < -0.3 is 14.1 Å². The summed E-state index contributed by atoms with van der Waals surface area (Å²) in [6.07, 6.45) is 3.63. The van der Waals surface area contributed by atoms with Gasteiger partial charge in [-0.1, -0.05) is 23.4 Å². The molecule has 0 saturated carbocycles. The second kappa shape index (κ2) is 5.31. The van der Waals surface area contributed by atoms with Crippen LogP contribution in [0.25, 0.3) is 33.9 Å². The van der Waals surface area contributed by atoms with Gasteiger partial charge in [0.25, 0.3) is 5.89 Å². The molecule has 0 radical (unpaired) electrons. The fourth-order valence-electron chi connectivity index (χ4n) is 2.52. The largest absolute Gasteiger partial charge is 0.350 e. The fraction of sp³-hybridized carbons (Fsp3) is 0.133. The highest BCUT2D eigenvalue weighted by molar-refractivity contribution is 5.94. The maximum atomic E-state index is 5.35. The van der Waals surface area contributed by atoms with Crippen LogP contribution in [0.15, 0.2) is 41.3 Å². The number of halogens is 1. The third-order valence-electron chi connectivity index (χ3n) is 3.60. The van der Waals surface area contributed by atoms with E-state index in [1.54, 1.807) is 6.33 Å². The first-order valence-electron chi connectivity index (χ1n) is 6.62. The van der Waals surface area contributed by atoms with E-state index < -0.39 is 0 Å². The molecule has 0 saturated heterocycles. The summed E-state index contributed by atoms with van der Waals surface area (Å²) in [5, 5.41) is 5.20. The lowest BCUT2D eigenvalue weighted by molar-refractivity contribution is 0.431. The van der Waals surface area contributed by atoms with Crippen molar-refractivity contribution < 1.29 is 4.52 Å². The maximum absolute atomic E-state index is 5.35. The second-order valence-electron chi connectivity index (χ2n) is 4.97. The van der Waals surface area contributed by atoms with Crippen LogP contribution in [-0.4, -0.2) is 24.7 Å². The van der Waals surface area contributed by atoms with Crippen molar-refractivity contribution in [3.05, 3.63) is 42.5 Å². The van der Waals surface area contributed by atoms with E-state index >= 15 is 0 Å². The van der Waals surface area contributed by atoms with Gasteiger partial charge in [0.15, 0.2) is 0 Å². The number of nitrogens with zero attached hydrogens (tertiary/aromatic N) is 4. The average molecular weight is 316 g/mol. The van der Waals surface area contributed by atoms with Crippen molar-refractivity contribution in [3.8, 4) is 23.0 Å². The number of hydrogen-bond acceptors (Lipinski definition) is 4. The number of rotatable bonds is 2. The minimum absolute atomic E-state index is 0. The Labute approximate surface area is 132 Å². The van der Waals surface area contributed by atoms with Crippen molar-refractivity contribution in [1.82, 2.24) is 24.7 Å². The van der Waals surface area contributed by atoms with Crippen LogP contribution in [0.1, 0.15) is 5.69 Å². The predicted molar refractivity (Wildman–Crippen MR) is 85.8 cm³/mol. The number of H-pyrrole nitrogens is 1. The number of imidazole rings is 1. The summed E-state index contributed by atoms with van der Waals surface area (Å²) in [7, 11) is 2.00. The predicted octanol–water partition coefficient (Wildman–Crippen LogP) is 3.35. The molecule has 0 fully saturated rings. The minimum Gasteiger partial charge on any atom is -0.350 e. The Hall–Kier alpha value is -2.60. The SMILES string of the molecule is Cc1[nH]cnc1-c1nc(-c2cn(C)c3ccccc23)no1.Cl. The smallest absolute Gasteiger partial charge is 0.278 e. The molecule has 7 heteroatoms. The van der Waals surface area contributed by atoms with Crippen molar-refractivity contribution in [2.45, 2.75) is 6.92 Å². The molecule has 3 aromatic heterocycles. The van der Waals surface area contributed by atoms with E-state index in [4.69, 9.17) is 4.52 Å². The highest BCUT2D eigenvalue weighted by Gasteiger charge is 2.17. The number of nitrogens with one attached hydrogen (secondary N) is 1. The Morgan fingerprint density at radius 1 is 1.23 bits per heavy atom. The second-order valence-corrected chi connectivity index (χ2v) is 4.97. The van der Waals surface area contributed by atoms with Crippen molar-refractivity contribution in [2.24, 2.45) is 7.05 Å². The normalized spacial score (nSPS) is 10.8. The monoisotopic (exact) mass is 315 g/mol. The topological polar surface area (TPSA) is 72.5 Å². The fourth-order valence-corrected chi connectivity index (χ4v) is 2.52. The van der Waals surface area contributed by atoms with Crippen molar-refractivity contribution >= 4 is 23.3 Å². The Balaban J connectivity index is 0.00000144. The number of aromatic nitrogens is 5. The molecule has 4 aromatic rings. The van der Waals surface area contributed by atoms with E-state index in [1.807, 2.05) is 32.3 Å². The first kappa shape index (κ1) is 14.3. The van der Waals surface area contributed by atoms with Gasteiger partial charge in [-0.3, -0.25) is 0 Å². The van der Waals surface area contributed by atoms with Gasteiger partial charge in [0, 0.05) is 35.4 Å². The van der Waals surface area contributed by atoms with Gasteiger partial charge >= 0.3 is 0 Å². The van der Waals surface area contributed by atoms with E-state index in [1.165, 1.54) is 0 Å². The molecular formula is C15H14ClN5O. The lowest BCUT2D eigenvalue weighted by Gasteiger charge is -1.93. The number of hydrogen-bond donors (Lipinski definition) is 1. The summed E-state index contributed by atoms with van der Waals surface area (Å²) in [6.45, 7) is 1.92. The van der Waals surface area contributed by atoms with Gasteiger partial charge in [0.05, 0.1) is 6.33 Å². The minimum atomic E-state index is 0. The van der Waals surface area contributed by atoms with Crippen molar-refractivity contribution in [2.75, 3.05) is 0 Å². The Bertz CT molecular complexity index is 936. The van der Waals surface area contributed by atoms with E-state index in [2.05, 4.69) is 36.8 Å². The van der Waals surface area contributed by atoms with Crippen LogP contribution in [-0.2, 0) is 7.05 Å². The molecule has 0 atom stereocenters. The number of aryl methyl sites for hydroxylation is 2. The molecule has 1 N–H and O–H groups in total. The molecule has 0 amide bonds. The maximum Gasteiger partial charge on any atom is 0.278 e. The molecule has 1 aromatic carbocycles. The number of fused-ring (bicyclic) bond motifs is 1.